The molecule has 0 radical (unpaired) electrons. The first-order valence-electron chi connectivity index (χ1n) is 8.26. The second-order valence-corrected chi connectivity index (χ2v) is 7.59. The minimum absolute atomic E-state index is 0.171. The zero-order chi connectivity index (χ0) is 15.5. The Morgan fingerprint density at radius 2 is 1.76 bits per heavy atom. The van der Waals surface area contributed by atoms with Crippen LogP contribution in [0.15, 0.2) is 0 Å². The van der Waals surface area contributed by atoms with Gasteiger partial charge in [-0.15, -0.1) is 0 Å². The predicted molar refractivity (Wildman–Crippen MR) is 86.4 cm³/mol. The Morgan fingerprint density at radius 1 is 1.19 bits per heavy atom. The zero-order valence-electron chi connectivity index (χ0n) is 14.2. The Morgan fingerprint density at radius 3 is 2.33 bits per heavy atom. The summed E-state index contributed by atoms with van der Waals surface area (Å²) in [4.78, 5) is 17.3. The van der Waals surface area contributed by atoms with Gasteiger partial charge >= 0.3 is 0 Å². The Bertz CT molecular complexity index is 355. The van der Waals surface area contributed by atoms with Gasteiger partial charge in [0.2, 0.25) is 5.91 Å². The van der Waals surface area contributed by atoms with Crippen molar-refractivity contribution < 1.29 is 4.79 Å². The van der Waals surface area contributed by atoms with E-state index in [-0.39, 0.29) is 11.3 Å². The molecule has 2 N–H and O–H groups in total. The molecule has 0 spiro atoms. The van der Waals surface area contributed by atoms with Crippen LogP contribution < -0.4 is 10.6 Å². The number of likely N-dealkylation sites (tertiary alicyclic amines) is 1. The van der Waals surface area contributed by atoms with Crippen LogP contribution in [-0.4, -0.2) is 74.1 Å². The topological polar surface area (TPSA) is 47.6 Å². The zero-order valence-corrected chi connectivity index (χ0v) is 14.2. The van der Waals surface area contributed by atoms with Gasteiger partial charge in [-0.25, -0.2) is 0 Å². The van der Waals surface area contributed by atoms with Crippen LogP contribution in [0.4, 0.5) is 0 Å². The standard InChI is InChI=1S/C16H32N4O/c1-15(2,20-11-7-17-8-12-20)14(21)18-13-16(3)5-9-19(4)10-6-16/h17H,5-13H2,1-4H3,(H,18,21). The fourth-order valence-corrected chi connectivity index (χ4v) is 3.21. The first-order valence-corrected chi connectivity index (χ1v) is 8.26. The van der Waals surface area contributed by atoms with E-state index in [1.54, 1.807) is 0 Å². The van der Waals surface area contributed by atoms with E-state index in [0.29, 0.717) is 0 Å². The molecule has 5 heteroatoms. The van der Waals surface area contributed by atoms with E-state index < -0.39 is 5.54 Å². The number of piperidine rings is 1. The van der Waals surface area contributed by atoms with Crippen molar-refractivity contribution in [3.8, 4) is 0 Å². The summed E-state index contributed by atoms with van der Waals surface area (Å²) in [5, 5.41) is 6.57. The Hall–Kier alpha value is -0.650. The van der Waals surface area contributed by atoms with Gasteiger partial charge in [-0.05, 0) is 52.2 Å². The molecule has 21 heavy (non-hydrogen) atoms. The maximum absolute atomic E-state index is 12.6. The SMILES string of the molecule is CN1CCC(C)(CNC(=O)C(C)(C)N2CCNCC2)CC1. The lowest BCUT2D eigenvalue weighted by molar-refractivity contribution is -0.132. The Kier molecular flexibility index (Phi) is 5.28. The van der Waals surface area contributed by atoms with Crippen molar-refractivity contribution in [2.24, 2.45) is 5.41 Å². The maximum atomic E-state index is 12.6. The average molecular weight is 296 g/mol. The molecule has 0 aromatic heterocycles. The van der Waals surface area contributed by atoms with Crippen LogP contribution in [0.2, 0.25) is 0 Å². The minimum Gasteiger partial charge on any atom is -0.354 e. The number of carbonyl (C=O) groups excluding carboxylic acids is 1. The quantitative estimate of drug-likeness (QED) is 0.794. The lowest BCUT2D eigenvalue weighted by Crippen LogP contribution is -2.60. The van der Waals surface area contributed by atoms with E-state index in [2.05, 4.69) is 34.4 Å². The van der Waals surface area contributed by atoms with Crippen LogP contribution >= 0.6 is 0 Å². The van der Waals surface area contributed by atoms with Crippen molar-refractivity contribution in [2.75, 3.05) is 52.9 Å². The third-order valence-electron chi connectivity index (χ3n) is 5.33. The number of carbonyl (C=O) groups is 1. The monoisotopic (exact) mass is 296 g/mol. The normalized spacial score (nSPS) is 24.8. The highest BCUT2D eigenvalue weighted by Crippen LogP contribution is 2.29. The molecule has 0 bridgehead atoms. The van der Waals surface area contributed by atoms with Crippen LogP contribution in [0.1, 0.15) is 33.6 Å². The average Bonchev–Trinajstić information content (AvgIpc) is 2.49. The molecule has 2 aliphatic rings. The van der Waals surface area contributed by atoms with E-state index >= 15 is 0 Å². The number of hydrogen-bond donors (Lipinski definition) is 2. The molecule has 2 heterocycles. The van der Waals surface area contributed by atoms with Crippen LogP contribution in [0.5, 0.6) is 0 Å². The molecule has 0 aromatic rings. The molecule has 0 atom stereocenters. The van der Waals surface area contributed by atoms with Crippen molar-refractivity contribution in [3.05, 3.63) is 0 Å². The molecular weight excluding hydrogens is 264 g/mol. The predicted octanol–water partition coefficient (Wildman–Crippen LogP) is 0.518. The molecule has 0 aromatic carbocycles. The smallest absolute Gasteiger partial charge is 0.239 e. The summed E-state index contributed by atoms with van der Waals surface area (Å²) in [6, 6.07) is 0. The first-order chi connectivity index (χ1) is 9.83. The Balaban J connectivity index is 1.85. The van der Waals surface area contributed by atoms with Crippen LogP contribution in [0.25, 0.3) is 0 Å². The van der Waals surface area contributed by atoms with E-state index in [9.17, 15) is 4.79 Å². The molecule has 0 aliphatic carbocycles. The van der Waals surface area contributed by atoms with Crippen LogP contribution in [0.3, 0.4) is 0 Å². The van der Waals surface area contributed by atoms with Crippen LogP contribution in [0, 0.1) is 5.41 Å². The summed E-state index contributed by atoms with van der Waals surface area (Å²) >= 11 is 0. The molecule has 1 amide bonds. The summed E-state index contributed by atoms with van der Waals surface area (Å²) in [6.07, 6.45) is 2.33. The summed E-state index contributed by atoms with van der Waals surface area (Å²) in [7, 11) is 2.17. The molecule has 5 nitrogen and oxygen atoms in total. The van der Waals surface area contributed by atoms with Crippen molar-refractivity contribution in [1.29, 1.82) is 0 Å². The highest BCUT2D eigenvalue weighted by molar-refractivity contribution is 5.85. The molecule has 2 aliphatic heterocycles. The van der Waals surface area contributed by atoms with E-state index in [4.69, 9.17) is 0 Å². The number of rotatable bonds is 4. The van der Waals surface area contributed by atoms with Gasteiger partial charge in [0.05, 0.1) is 5.54 Å². The Labute approximate surface area is 129 Å². The molecule has 2 fully saturated rings. The molecular formula is C16H32N4O. The third-order valence-corrected chi connectivity index (χ3v) is 5.33. The largest absolute Gasteiger partial charge is 0.354 e. The molecule has 122 valence electrons. The lowest BCUT2D eigenvalue weighted by atomic mass is 9.80. The highest BCUT2D eigenvalue weighted by Gasteiger charge is 2.36. The summed E-state index contributed by atoms with van der Waals surface area (Å²) < 4.78 is 0. The molecule has 0 saturated carbocycles. The van der Waals surface area contributed by atoms with Gasteiger partial charge in [0.25, 0.3) is 0 Å². The van der Waals surface area contributed by atoms with E-state index in [1.807, 2.05) is 13.8 Å². The van der Waals surface area contributed by atoms with Gasteiger partial charge < -0.3 is 15.5 Å². The summed E-state index contributed by atoms with van der Waals surface area (Å²) in [6.45, 7) is 13.3. The van der Waals surface area contributed by atoms with Gasteiger partial charge in [-0.2, -0.15) is 0 Å². The minimum atomic E-state index is -0.413. The number of amides is 1. The highest BCUT2D eigenvalue weighted by atomic mass is 16.2. The van der Waals surface area contributed by atoms with E-state index in [1.165, 1.54) is 0 Å². The number of nitrogens with one attached hydrogen (secondary N) is 2. The second-order valence-electron chi connectivity index (χ2n) is 7.59. The molecule has 0 unspecified atom stereocenters. The molecule has 2 rings (SSSR count). The molecule has 2 saturated heterocycles. The van der Waals surface area contributed by atoms with Gasteiger partial charge in [0.1, 0.15) is 0 Å². The third kappa shape index (κ3) is 4.18. The van der Waals surface area contributed by atoms with E-state index in [0.717, 1.165) is 58.7 Å². The van der Waals surface area contributed by atoms with Crippen molar-refractivity contribution >= 4 is 5.91 Å². The van der Waals surface area contributed by atoms with Gasteiger partial charge in [-0.3, -0.25) is 9.69 Å². The summed E-state index contributed by atoms with van der Waals surface area (Å²) in [5.41, 5.74) is -0.161. The van der Waals surface area contributed by atoms with Crippen molar-refractivity contribution in [2.45, 2.75) is 39.2 Å². The van der Waals surface area contributed by atoms with Gasteiger partial charge in [-0.1, -0.05) is 6.92 Å². The van der Waals surface area contributed by atoms with Crippen molar-refractivity contribution in [3.63, 3.8) is 0 Å². The van der Waals surface area contributed by atoms with Crippen molar-refractivity contribution in [1.82, 2.24) is 20.4 Å². The first kappa shape index (κ1) is 16.7. The lowest BCUT2D eigenvalue weighted by Gasteiger charge is -2.42. The maximum Gasteiger partial charge on any atom is 0.239 e. The number of piperazine rings is 1. The van der Waals surface area contributed by atoms with Crippen LogP contribution in [-0.2, 0) is 4.79 Å². The fourth-order valence-electron chi connectivity index (χ4n) is 3.21. The van der Waals surface area contributed by atoms with Gasteiger partial charge in [0, 0.05) is 32.7 Å². The number of hydrogen-bond acceptors (Lipinski definition) is 4. The fraction of sp³-hybridized carbons (Fsp3) is 0.938. The summed E-state index contributed by atoms with van der Waals surface area (Å²) in [5.74, 6) is 0.171. The number of nitrogens with zero attached hydrogens (tertiary/aromatic N) is 2. The second kappa shape index (κ2) is 6.63. The van der Waals surface area contributed by atoms with Gasteiger partial charge in [0.15, 0.2) is 0 Å².